The first-order valence-electron chi connectivity index (χ1n) is 8.01. The summed E-state index contributed by atoms with van der Waals surface area (Å²) in [6.45, 7) is 0.704. The van der Waals surface area contributed by atoms with Crippen molar-refractivity contribution in [2.24, 2.45) is 0 Å². The minimum atomic E-state index is -0.399. The van der Waals surface area contributed by atoms with E-state index in [0.717, 1.165) is 29.7 Å². The van der Waals surface area contributed by atoms with E-state index in [-0.39, 0.29) is 18.2 Å². The summed E-state index contributed by atoms with van der Waals surface area (Å²) >= 11 is 0. The van der Waals surface area contributed by atoms with Gasteiger partial charge in [-0.15, -0.1) is 0 Å². The predicted octanol–water partition coefficient (Wildman–Crippen LogP) is 2.45. The van der Waals surface area contributed by atoms with Crippen LogP contribution in [0.5, 0.6) is 6.08 Å². The maximum absolute atomic E-state index is 12.1. The fourth-order valence-electron chi connectivity index (χ4n) is 3.28. The summed E-state index contributed by atoms with van der Waals surface area (Å²) in [5, 5.41) is 9.91. The van der Waals surface area contributed by atoms with Gasteiger partial charge in [0.1, 0.15) is 12.9 Å². The molecule has 2 atom stereocenters. The van der Waals surface area contributed by atoms with Gasteiger partial charge in [0.25, 0.3) is 0 Å². The predicted molar refractivity (Wildman–Crippen MR) is 84.0 cm³/mol. The molecule has 2 aromatic rings. The van der Waals surface area contributed by atoms with Crippen LogP contribution in [0.4, 0.5) is 10.5 Å². The van der Waals surface area contributed by atoms with E-state index in [2.05, 4.69) is 4.98 Å². The number of aliphatic hydroxyl groups excluding tert-OH is 1. The number of ether oxygens (including phenoxy) is 2. The molecule has 2 heterocycles. The van der Waals surface area contributed by atoms with Crippen molar-refractivity contribution in [3.8, 4) is 6.08 Å². The Morgan fingerprint density at radius 2 is 2.33 bits per heavy atom. The third-order valence-electron chi connectivity index (χ3n) is 4.50. The molecule has 1 fully saturated rings. The number of hydrogen-bond donors (Lipinski definition) is 1. The number of benzene rings is 1. The van der Waals surface area contributed by atoms with Gasteiger partial charge in [-0.1, -0.05) is 6.07 Å². The molecule has 1 unspecified atom stereocenters. The van der Waals surface area contributed by atoms with Crippen LogP contribution in [-0.4, -0.2) is 35.4 Å². The van der Waals surface area contributed by atoms with Crippen molar-refractivity contribution < 1.29 is 23.8 Å². The van der Waals surface area contributed by atoms with Gasteiger partial charge >= 0.3 is 12.2 Å². The minimum Gasteiger partial charge on any atom is -0.450 e. The molecule has 1 saturated heterocycles. The van der Waals surface area contributed by atoms with E-state index in [1.807, 2.05) is 18.2 Å². The van der Waals surface area contributed by atoms with Crippen molar-refractivity contribution >= 4 is 11.8 Å². The number of aryl methyl sites for hydroxylation is 1. The average molecular weight is 330 g/mol. The summed E-state index contributed by atoms with van der Waals surface area (Å²) in [6, 6.07) is 5.63. The molecule has 7 heteroatoms. The molecule has 1 aliphatic carbocycles. The lowest BCUT2D eigenvalue weighted by molar-refractivity contribution is 0.175. The quantitative estimate of drug-likeness (QED) is 0.906. The number of nitrogens with zero attached hydrogens (tertiary/aromatic N) is 2. The fourth-order valence-corrected chi connectivity index (χ4v) is 3.28. The maximum atomic E-state index is 12.1. The zero-order valence-corrected chi connectivity index (χ0v) is 13.1. The highest BCUT2D eigenvalue weighted by atomic mass is 16.6. The SMILES string of the molecule is O=C1OC[C@H](CCOc2ncco2)N1c1ccc2c(c1)CCC2O. The first kappa shape index (κ1) is 15.0. The molecule has 24 heavy (non-hydrogen) atoms. The number of aliphatic hydroxyl groups is 1. The van der Waals surface area contributed by atoms with E-state index in [1.165, 1.54) is 12.5 Å². The Balaban J connectivity index is 1.47. The van der Waals surface area contributed by atoms with E-state index in [0.29, 0.717) is 19.6 Å². The number of amides is 1. The van der Waals surface area contributed by atoms with Gasteiger partial charge in [0.05, 0.1) is 24.9 Å². The second-order valence-corrected chi connectivity index (χ2v) is 5.97. The molecule has 7 nitrogen and oxygen atoms in total. The normalized spacial score (nSPS) is 22.5. The molecule has 1 aliphatic heterocycles. The largest absolute Gasteiger partial charge is 0.450 e. The summed E-state index contributed by atoms with van der Waals surface area (Å²) in [5.41, 5.74) is 2.84. The Morgan fingerprint density at radius 3 is 3.17 bits per heavy atom. The molecule has 1 amide bonds. The third kappa shape index (κ3) is 2.71. The fraction of sp³-hybridized carbons (Fsp3) is 0.412. The lowest BCUT2D eigenvalue weighted by Crippen LogP contribution is -2.34. The van der Waals surface area contributed by atoms with Gasteiger partial charge in [0, 0.05) is 12.1 Å². The Kier molecular flexibility index (Phi) is 3.86. The highest BCUT2D eigenvalue weighted by Crippen LogP contribution is 2.35. The second kappa shape index (κ2) is 6.16. The smallest absolute Gasteiger partial charge is 0.414 e. The molecule has 4 rings (SSSR count). The van der Waals surface area contributed by atoms with Crippen LogP contribution in [0.25, 0.3) is 0 Å². The lowest BCUT2D eigenvalue weighted by atomic mass is 10.1. The van der Waals surface area contributed by atoms with E-state index in [4.69, 9.17) is 13.9 Å². The second-order valence-electron chi connectivity index (χ2n) is 5.97. The van der Waals surface area contributed by atoms with Crippen LogP contribution in [0.1, 0.15) is 30.1 Å². The summed E-state index contributed by atoms with van der Waals surface area (Å²) in [4.78, 5) is 17.7. The van der Waals surface area contributed by atoms with Crippen molar-refractivity contribution in [3.63, 3.8) is 0 Å². The first-order chi connectivity index (χ1) is 11.7. The third-order valence-corrected chi connectivity index (χ3v) is 4.50. The monoisotopic (exact) mass is 330 g/mol. The Morgan fingerprint density at radius 1 is 1.42 bits per heavy atom. The highest BCUT2D eigenvalue weighted by molar-refractivity contribution is 5.90. The van der Waals surface area contributed by atoms with Crippen LogP contribution in [0.2, 0.25) is 0 Å². The van der Waals surface area contributed by atoms with Crippen LogP contribution in [0.15, 0.2) is 35.1 Å². The van der Waals surface area contributed by atoms with Crippen LogP contribution >= 0.6 is 0 Å². The van der Waals surface area contributed by atoms with Crippen LogP contribution < -0.4 is 9.64 Å². The zero-order chi connectivity index (χ0) is 16.5. The summed E-state index contributed by atoms with van der Waals surface area (Å²) < 4.78 is 15.6. The number of carbonyl (C=O) groups is 1. The van der Waals surface area contributed by atoms with Crippen LogP contribution in [0, 0.1) is 0 Å². The average Bonchev–Trinajstić information content (AvgIpc) is 3.30. The Hall–Kier alpha value is -2.54. The molecule has 1 aromatic heterocycles. The van der Waals surface area contributed by atoms with E-state index in [9.17, 15) is 9.90 Å². The van der Waals surface area contributed by atoms with Gasteiger partial charge in [-0.3, -0.25) is 4.90 Å². The number of carbonyl (C=O) groups excluding carboxylic acids is 1. The molecule has 0 radical (unpaired) electrons. The Labute approximate surface area is 138 Å². The van der Waals surface area contributed by atoms with Crippen molar-refractivity contribution in [3.05, 3.63) is 41.8 Å². The van der Waals surface area contributed by atoms with Gasteiger partial charge in [-0.2, -0.15) is 4.98 Å². The molecule has 1 N–H and O–H groups in total. The highest BCUT2D eigenvalue weighted by Gasteiger charge is 2.35. The van der Waals surface area contributed by atoms with E-state index >= 15 is 0 Å². The number of anilines is 1. The number of aromatic nitrogens is 1. The number of oxazole rings is 1. The molecule has 1 aromatic carbocycles. The first-order valence-corrected chi connectivity index (χ1v) is 8.01. The number of hydrogen-bond acceptors (Lipinski definition) is 6. The lowest BCUT2D eigenvalue weighted by Gasteiger charge is -2.22. The van der Waals surface area contributed by atoms with Gasteiger partial charge in [0.15, 0.2) is 0 Å². The topological polar surface area (TPSA) is 85.0 Å². The molecule has 0 bridgehead atoms. The Bertz CT molecular complexity index is 731. The van der Waals surface area contributed by atoms with Crippen LogP contribution in [0.3, 0.4) is 0 Å². The maximum Gasteiger partial charge on any atom is 0.414 e. The van der Waals surface area contributed by atoms with Gasteiger partial charge in [-0.25, -0.2) is 4.79 Å². The summed E-state index contributed by atoms with van der Waals surface area (Å²) in [5.74, 6) is 0. The van der Waals surface area contributed by atoms with Crippen molar-refractivity contribution in [2.75, 3.05) is 18.1 Å². The number of cyclic esters (lactones) is 1. The molecule has 0 spiro atoms. The van der Waals surface area contributed by atoms with E-state index in [1.54, 1.807) is 4.90 Å². The summed E-state index contributed by atoms with van der Waals surface area (Å²) in [6.07, 6.45) is 4.60. The van der Waals surface area contributed by atoms with Gasteiger partial charge in [-0.05, 0) is 36.1 Å². The van der Waals surface area contributed by atoms with Gasteiger partial charge in [0.2, 0.25) is 0 Å². The van der Waals surface area contributed by atoms with Crippen molar-refractivity contribution in [1.82, 2.24) is 4.98 Å². The minimum absolute atomic E-state index is 0.100. The van der Waals surface area contributed by atoms with Crippen molar-refractivity contribution in [1.29, 1.82) is 0 Å². The van der Waals surface area contributed by atoms with E-state index < -0.39 is 6.10 Å². The molecule has 0 saturated carbocycles. The molecule has 2 aliphatic rings. The summed E-state index contributed by atoms with van der Waals surface area (Å²) in [7, 11) is 0. The number of fused-ring (bicyclic) bond motifs is 1. The molecular formula is C17H18N2O5. The van der Waals surface area contributed by atoms with Crippen molar-refractivity contribution in [2.45, 2.75) is 31.4 Å². The zero-order valence-electron chi connectivity index (χ0n) is 13.1. The molecular weight excluding hydrogens is 312 g/mol. The number of rotatable bonds is 5. The van der Waals surface area contributed by atoms with Gasteiger partial charge < -0.3 is 19.0 Å². The molecule has 126 valence electrons. The van der Waals surface area contributed by atoms with Crippen LogP contribution in [-0.2, 0) is 11.2 Å². The standard InChI is InChI=1S/C17H18N2O5/c20-15-4-1-11-9-12(2-3-14(11)15)19-13(10-24-17(19)21)5-7-22-16-18-6-8-23-16/h2-3,6,8-9,13,15,20H,1,4-5,7,10H2/t13-,15?/m0/s1.